The highest BCUT2D eigenvalue weighted by Gasteiger charge is 1.94. The first-order valence-electron chi connectivity index (χ1n) is 8.10. The Morgan fingerprint density at radius 3 is 1.83 bits per heavy atom. The molecule has 0 saturated heterocycles. The summed E-state index contributed by atoms with van der Waals surface area (Å²) in [4.78, 5) is 0. The summed E-state index contributed by atoms with van der Waals surface area (Å²) in [5.41, 5.74) is 0. The summed E-state index contributed by atoms with van der Waals surface area (Å²) in [5.74, 6) is 0. The summed E-state index contributed by atoms with van der Waals surface area (Å²) in [6.07, 6.45) is 20.1. The maximum atomic E-state index is 9.12. The van der Waals surface area contributed by atoms with Crippen molar-refractivity contribution in [3.05, 3.63) is 12.2 Å². The van der Waals surface area contributed by atoms with Crippen LogP contribution in [-0.4, -0.2) is 11.2 Å². The van der Waals surface area contributed by atoms with E-state index in [2.05, 4.69) is 19.1 Å². The monoisotopic (exact) mass is 254 g/mol. The van der Waals surface area contributed by atoms with Crippen LogP contribution in [0.2, 0.25) is 0 Å². The minimum absolute atomic E-state index is 0.117. The van der Waals surface area contributed by atoms with Gasteiger partial charge in [-0.25, -0.2) is 0 Å². The van der Waals surface area contributed by atoms with Crippen LogP contribution >= 0.6 is 0 Å². The van der Waals surface area contributed by atoms with Crippen LogP contribution in [0.3, 0.4) is 0 Å². The summed E-state index contributed by atoms with van der Waals surface area (Å²) in [7, 11) is 0. The molecule has 0 aromatic rings. The molecule has 0 fully saturated rings. The van der Waals surface area contributed by atoms with Crippen molar-refractivity contribution in [3.8, 4) is 0 Å². The van der Waals surface area contributed by atoms with Crippen molar-refractivity contribution in [2.24, 2.45) is 0 Å². The lowest BCUT2D eigenvalue weighted by molar-refractivity contribution is 0.180. The van der Waals surface area contributed by atoms with Crippen LogP contribution in [0, 0.1) is 0 Å². The van der Waals surface area contributed by atoms with Crippen molar-refractivity contribution in [3.63, 3.8) is 0 Å². The van der Waals surface area contributed by atoms with E-state index in [0.29, 0.717) is 0 Å². The molecule has 0 bridgehead atoms. The van der Waals surface area contributed by atoms with E-state index in [1.807, 2.05) is 6.92 Å². The molecule has 0 aliphatic heterocycles. The highest BCUT2D eigenvalue weighted by molar-refractivity contribution is 4.81. The first kappa shape index (κ1) is 17.7. The van der Waals surface area contributed by atoms with Gasteiger partial charge in [-0.1, -0.05) is 64.0 Å². The zero-order valence-electron chi connectivity index (χ0n) is 12.7. The Morgan fingerprint density at radius 1 is 0.778 bits per heavy atom. The van der Waals surface area contributed by atoms with Crippen LogP contribution in [0.1, 0.15) is 90.9 Å². The SMILES string of the molecule is CCCCCCCC/C=C\CCCCC[C@H](C)O. The number of unbranched alkanes of at least 4 members (excludes halogenated alkanes) is 9. The third kappa shape index (κ3) is 15.7. The Morgan fingerprint density at radius 2 is 1.28 bits per heavy atom. The van der Waals surface area contributed by atoms with E-state index in [1.165, 1.54) is 70.6 Å². The second-order valence-corrected chi connectivity index (χ2v) is 5.51. The van der Waals surface area contributed by atoms with Crippen molar-refractivity contribution in [2.45, 2.75) is 97.0 Å². The topological polar surface area (TPSA) is 20.2 Å². The first-order chi connectivity index (χ1) is 8.77. The number of allylic oxidation sites excluding steroid dienone is 2. The fraction of sp³-hybridized carbons (Fsp3) is 0.882. The van der Waals surface area contributed by atoms with Crippen molar-refractivity contribution in [1.29, 1.82) is 0 Å². The number of aliphatic hydroxyl groups is 1. The summed E-state index contributed by atoms with van der Waals surface area (Å²) in [6, 6.07) is 0. The van der Waals surface area contributed by atoms with Gasteiger partial charge in [-0.3, -0.25) is 0 Å². The lowest BCUT2D eigenvalue weighted by Gasteiger charge is -2.02. The standard InChI is InChI=1S/C17H34O/c1-3-4-5-6-7-8-9-10-11-12-13-14-15-16-17(2)18/h10-11,17-18H,3-9,12-16H2,1-2H3/b11-10-/t17-/m0/s1. The fourth-order valence-electron chi connectivity index (χ4n) is 2.16. The molecule has 0 rings (SSSR count). The molecule has 0 spiro atoms. The molecule has 0 saturated carbocycles. The van der Waals surface area contributed by atoms with Gasteiger partial charge in [0.2, 0.25) is 0 Å². The molecule has 0 radical (unpaired) electrons. The average Bonchev–Trinajstić information content (AvgIpc) is 2.34. The highest BCUT2D eigenvalue weighted by Crippen LogP contribution is 2.09. The van der Waals surface area contributed by atoms with Gasteiger partial charge >= 0.3 is 0 Å². The maximum Gasteiger partial charge on any atom is 0.0512 e. The normalized spacial score (nSPS) is 13.3. The zero-order chi connectivity index (χ0) is 13.5. The predicted octanol–water partition coefficient (Wildman–Crippen LogP) is 5.62. The van der Waals surface area contributed by atoms with Crippen molar-refractivity contribution in [2.75, 3.05) is 0 Å². The quantitative estimate of drug-likeness (QED) is 0.334. The summed E-state index contributed by atoms with van der Waals surface area (Å²) < 4.78 is 0. The van der Waals surface area contributed by atoms with Gasteiger partial charge in [0.15, 0.2) is 0 Å². The molecular weight excluding hydrogens is 220 g/mol. The molecule has 0 aromatic carbocycles. The third-order valence-corrected chi connectivity index (χ3v) is 3.38. The van der Waals surface area contributed by atoms with E-state index in [9.17, 15) is 0 Å². The van der Waals surface area contributed by atoms with Crippen molar-refractivity contribution >= 4 is 0 Å². The zero-order valence-corrected chi connectivity index (χ0v) is 12.7. The Labute approximate surface area is 115 Å². The van der Waals surface area contributed by atoms with Crippen LogP contribution in [-0.2, 0) is 0 Å². The molecule has 1 heteroatoms. The van der Waals surface area contributed by atoms with E-state index in [1.54, 1.807) is 0 Å². The maximum absolute atomic E-state index is 9.12. The molecule has 0 aliphatic rings. The van der Waals surface area contributed by atoms with Crippen LogP contribution in [0.5, 0.6) is 0 Å². The molecule has 0 amide bonds. The minimum atomic E-state index is -0.117. The van der Waals surface area contributed by atoms with Gasteiger partial charge in [-0.15, -0.1) is 0 Å². The smallest absolute Gasteiger partial charge is 0.0512 e. The molecule has 1 nitrogen and oxygen atoms in total. The summed E-state index contributed by atoms with van der Waals surface area (Å²) >= 11 is 0. The molecule has 108 valence electrons. The Bertz CT molecular complexity index is 172. The number of aliphatic hydroxyl groups excluding tert-OH is 1. The molecule has 0 unspecified atom stereocenters. The van der Waals surface area contributed by atoms with E-state index < -0.39 is 0 Å². The second kappa shape index (κ2) is 14.8. The Hall–Kier alpha value is -0.300. The Balaban J connectivity index is 3.05. The number of hydrogen-bond acceptors (Lipinski definition) is 1. The first-order valence-corrected chi connectivity index (χ1v) is 8.10. The molecule has 1 N–H and O–H groups in total. The summed E-state index contributed by atoms with van der Waals surface area (Å²) in [6.45, 7) is 4.14. The average molecular weight is 254 g/mol. The summed E-state index contributed by atoms with van der Waals surface area (Å²) in [5, 5.41) is 9.12. The predicted molar refractivity (Wildman–Crippen MR) is 81.9 cm³/mol. The van der Waals surface area contributed by atoms with Crippen LogP contribution in [0.25, 0.3) is 0 Å². The van der Waals surface area contributed by atoms with Crippen LogP contribution in [0.15, 0.2) is 12.2 Å². The van der Waals surface area contributed by atoms with Crippen LogP contribution < -0.4 is 0 Å². The molecule has 18 heavy (non-hydrogen) atoms. The molecule has 0 heterocycles. The highest BCUT2D eigenvalue weighted by atomic mass is 16.3. The van der Waals surface area contributed by atoms with E-state index in [-0.39, 0.29) is 6.10 Å². The number of hydrogen-bond donors (Lipinski definition) is 1. The molecular formula is C17H34O. The van der Waals surface area contributed by atoms with E-state index >= 15 is 0 Å². The third-order valence-electron chi connectivity index (χ3n) is 3.38. The van der Waals surface area contributed by atoms with Gasteiger partial charge in [0.25, 0.3) is 0 Å². The second-order valence-electron chi connectivity index (χ2n) is 5.51. The van der Waals surface area contributed by atoms with Gasteiger partial charge in [0, 0.05) is 0 Å². The van der Waals surface area contributed by atoms with E-state index in [4.69, 9.17) is 5.11 Å². The lowest BCUT2D eigenvalue weighted by atomic mass is 10.1. The largest absolute Gasteiger partial charge is 0.393 e. The molecule has 1 atom stereocenters. The molecule has 0 aromatic heterocycles. The van der Waals surface area contributed by atoms with Crippen molar-refractivity contribution < 1.29 is 5.11 Å². The lowest BCUT2D eigenvalue weighted by Crippen LogP contribution is -1.97. The van der Waals surface area contributed by atoms with Gasteiger partial charge in [0.1, 0.15) is 0 Å². The van der Waals surface area contributed by atoms with Gasteiger partial charge < -0.3 is 5.11 Å². The van der Waals surface area contributed by atoms with Crippen LogP contribution in [0.4, 0.5) is 0 Å². The van der Waals surface area contributed by atoms with E-state index in [0.717, 1.165) is 6.42 Å². The number of rotatable bonds is 13. The Kier molecular flexibility index (Phi) is 14.5. The fourth-order valence-corrected chi connectivity index (χ4v) is 2.16. The van der Waals surface area contributed by atoms with Gasteiger partial charge in [0.05, 0.1) is 6.10 Å². The van der Waals surface area contributed by atoms with Crippen molar-refractivity contribution in [1.82, 2.24) is 0 Å². The van der Waals surface area contributed by atoms with Gasteiger partial charge in [-0.05, 0) is 39.0 Å². The van der Waals surface area contributed by atoms with Gasteiger partial charge in [-0.2, -0.15) is 0 Å². The molecule has 0 aliphatic carbocycles. The minimum Gasteiger partial charge on any atom is -0.393 e.